The van der Waals surface area contributed by atoms with Crippen molar-refractivity contribution in [2.24, 2.45) is 0 Å². The molecule has 2 rings (SSSR count). The standard InChI is InChI=1S/C14H20ClNO/c15-9-12-4-6-13(7-5-12)10-16-11-14-3-1-2-8-17-14/h4-7,14,16H,1-3,8-11H2. The maximum atomic E-state index is 5.75. The zero-order valence-corrected chi connectivity index (χ0v) is 10.9. The molecule has 1 atom stereocenters. The number of alkyl halides is 1. The van der Waals surface area contributed by atoms with Gasteiger partial charge in [0.1, 0.15) is 0 Å². The van der Waals surface area contributed by atoms with E-state index in [9.17, 15) is 0 Å². The highest BCUT2D eigenvalue weighted by molar-refractivity contribution is 6.17. The normalized spacial score (nSPS) is 20.4. The zero-order chi connectivity index (χ0) is 11.9. The van der Waals surface area contributed by atoms with Gasteiger partial charge in [0, 0.05) is 25.6 Å². The Morgan fingerprint density at radius 2 is 1.94 bits per heavy atom. The van der Waals surface area contributed by atoms with E-state index < -0.39 is 0 Å². The molecule has 17 heavy (non-hydrogen) atoms. The van der Waals surface area contributed by atoms with Gasteiger partial charge in [-0.05, 0) is 30.4 Å². The third kappa shape index (κ3) is 4.30. The molecule has 0 amide bonds. The van der Waals surface area contributed by atoms with Gasteiger partial charge < -0.3 is 10.1 Å². The van der Waals surface area contributed by atoms with E-state index in [0.717, 1.165) is 19.7 Å². The van der Waals surface area contributed by atoms with Gasteiger partial charge in [-0.1, -0.05) is 24.3 Å². The molecule has 3 heteroatoms. The van der Waals surface area contributed by atoms with E-state index >= 15 is 0 Å². The van der Waals surface area contributed by atoms with E-state index in [1.807, 2.05) is 0 Å². The summed E-state index contributed by atoms with van der Waals surface area (Å²) in [4.78, 5) is 0. The lowest BCUT2D eigenvalue weighted by Gasteiger charge is -2.22. The summed E-state index contributed by atoms with van der Waals surface area (Å²) in [6.07, 6.45) is 4.12. The van der Waals surface area contributed by atoms with E-state index in [1.54, 1.807) is 0 Å². The number of hydrogen-bond acceptors (Lipinski definition) is 2. The van der Waals surface area contributed by atoms with Gasteiger partial charge in [0.05, 0.1) is 6.10 Å². The molecule has 94 valence electrons. The molecule has 0 spiro atoms. The second kappa shape index (κ2) is 7.00. The van der Waals surface area contributed by atoms with Gasteiger partial charge in [-0.3, -0.25) is 0 Å². The van der Waals surface area contributed by atoms with Crippen LogP contribution < -0.4 is 5.32 Å². The van der Waals surface area contributed by atoms with Crippen LogP contribution in [0.25, 0.3) is 0 Å². The van der Waals surface area contributed by atoms with E-state index in [-0.39, 0.29) is 0 Å². The smallest absolute Gasteiger partial charge is 0.0699 e. The number of rotatable bonds is 5. The second-order valence-electron chi connectivity index (χ2n) is 4.57. The Morgan fingerprint density at radius 1 is 1.18 bits per heavy atom. The van der Waals surface area contributed by atoms with Crippen molar-refractivity contribution in [3.05, 3.63) is 35.4 Å². The van der Waals surface area contributed by atoms with Gasteiger partial charge in [-0.2, -0.15) is 0 Å². The minimum atomic E-state index is 0.408. The van der Waals surface area contributed by atoms with E-state index in [0.29, 0.717) is 12.0 Å². The van der Waals surface area contributed by atoms with Crippen LogP contribution in [0.15, 0.2) is 24.3 Å². The summed E-state index contributed by atoms with van der Waals surface area (Å²) >= 11 is 5.75. The van der Waals surface area contributed by atoms with E-state index in [1.165, 1.54) is 30.4 Å². The number of hydrogen-bond donors (Lipinski definition) is 1. The molecule has 1 fully saturated rings. The van der Waals surface area contributed by atoms with E-state index in [2.05, 4.69) is 29.6 Å². The first-order valence-corrected chi connectivity index (χ1v) is 6.88. The predicted molar refractivity (Wildman–Crippen MR) is 71.3 cm³/mol. The van der Waals surface area contributed by atoms with Gasteiger partial charge >= 0.3 is 0 Å². The molecule has 0 bridgehead atoms. The first-order valence-electron chi connectivity index (χ1n) is 6.34. The van der Waals surface area contributed by atoms with Crippen molar-refractivity contribution in [3.63, 3.8) is 0 Å². The average molecular weight is 254 g/mol. The number of halogens is 1. The van der Waals surface area contributed by atoms with Crippen LogP contribution in [0.1, 0.15) is 30.4 Å². The molecule has 0 radical (unpaired) electrons. The lowest BCUT2D eigenvalue weighted by atomic mass is 10.1. The Bertz CT molecular complexity index is 319. The minimum Gasteiger partial charge on any atom is -0.377 e. The molecule has 1 unspecified atom stereocenters. The van der Waals surface area contributed by atoms with Crippen molar-refractivity contribution in [1.82, 2.24) is 5.32 Å². The third-order valence-corrected chi connectivity index (χ3v) is 3.46. The highest BCUT2D eigenvalue weighted by atomic mass is 35.5. The highest BCUT2D eigenvalue weighted by Gasteiger charge is 2.12. The molecule has 2 nitrogen and oxygen atoms in total. The first kappa shape index (κ1) is 12.9. The lowest BCUT2D eigenvalue weighted by Crippen LogP contribution is -2.31. The largest absolute Gasteiger partial charge is 0.377 e. The molecule has 1 aromatic carbocycles. The summed E-state index contributed by atoms with van der Waals surface area (Å²) in [5.74, 6) is 0.587. The SMILES string of the molecule is ClCc1ccc(CNCC2CCCCO2)cc1. The molecule has 1 heterocycles. The van der Waals surface area contributed by atoms with Crippen LogP contribution in [0.3, 0.4) is 0 Å². The Labute approximate surface area is 108 Å². The lowest BCUT2D eigenvalue weighted by molar-refractivity contribution is 0.0168. The molecule has 0 aromatic heterocycles. The van der Waals surface area contributed by atoms with Gasteiger partial charge in [-0.25, -0.2) is 0 Å². The molecule has 1 aliphatic rings. The molecule has 1 N–H and O–H groups in total. The van der Waals surface area contributed by atoms with Gasteiger partial charge in [0.15, 0.2) is 0 Å². The van der Waals surface area contributed by atoms with E-state index in [4.69, 9.17) is 16.3 Å². The van der Waals surface area contributed by atoms with Crippen molar-refractivity contribution < 1.29 is 4.74 Å². The fourth-order valence-corrected chi connectivity index (χ4v) is 2.27. The van der Waals surface area contributed by atoms with Crippen LogP contribution in [0.4, 0.5) is 0 Å². The fraction of sp³-hybridized carbons (Fsp3) is 0.571. The van der Waals surface area contributed by atoms with Crippen LogP contribution in [-0.4, -0.2) is 19.3 Å². The highest BCUT2D eigenvalue weighted by Crippen LogP contribution is 2.12. The topological polar surface area (TPSA) is 21.3 Å². The average Bonchev–Trinajstić information content (AvgIpc) is 2.41. The molecule has 1 aromatic rings. The Morgan fingerprint density at radius 3 is 2.59 bits per heavy atom. The Kier molecular flexibility index (Phi) is 5.30. The number of ether oxygens (including phenoxy) is 1. The van der Waals surface area contributed by atoms with Gasteiger partial charge in [0.2, 0.25) is 0 Å². The Balaban J connectivity index is 1.69. The van der Waals surface area contributed by atoms with Crippen LogP contribution in [0, 0.1) is 0 Å². The summed E-state index contributed by atoms with van der Waals surface area (Å²) in [7, 11) is 0. The zero-order valence-electron chi connectivity index (χ0n) is 10.1. The van der Waals surface area contributed by atoms with Crippen LogP contribution in [0.2, 0.25) is 0 Å². The maximum Gasteiger partial charge on any atom is 0.0699 e. The molecular formula is C14H20ClNO. The predicted octanol–water partition coefficient (Wildman–Crippen LogP) is 3.08. The minimum absolute atomic E-state index is 0.408. The van der Waals surface area contributed by atoms with Crippen LogP contribution in [0.5, 0.6) is 0 Å². The van der Waals surface area contributed by atoms with Gasteiger partial charge in [-0.15, -0.1) is 11.6 Å². The second-order valence-corrected chi connectivity index (χ2v) is 4.84. The molecule has 1 aliphatic heterocycles. The first-order chi connectivity index (χ1) is 8.38. The number of benzene rings is 1. The monoisotopic (exact) mass is 253 g/mol. The molecular weight excluding hydrogens is 234 g/mol. The Hall–Kier alpha value is -0.570. The fourth-order valence-electron chi connectivity index (χ4n) is 2.09. The van der Waals surface area contributed by atoms with Crippen molar-refractivity contribution in [2.75, 3.05) is 13.2 Å². The summed E-state index contributed by atoms with van der Waals surface area (Å²) in [5, 5.41) is 3.45. The van der Waals surface area contributed by atoms with Crippen molar-refractivity contribution in [3.8, 4) is 0 Å². The van der Waals surface area contributed by atoms with Crippen LogP contribution in [-0.2, 0) is 17.2 Å². The maximum absolute atomic E-state index is 5.75. The molecule has 0 saturated carbocycles. The molecule has 1 saturated heterocycles. The summed E-state index contributed by atoms with van der Waals surface area (Å²) < 4.78 is 5.67. The quantitative estimate of drug-likeness (QED) is 0.815. The van der Waals surface area contributed by atoms with Crippen molar-refractivity contribution in [1.29, 1.82) is 0 Å². The third-order valence-electron chi connectivity index (χ3n) is 3.15. The van der Waals surface area contributed by atoms with Gasteiger partial charge in [0.25, 0.3) is 0 Å². The molecule has 0 aliphatic carbocycles. The summed E-state index contributed by atoms with van der Waals surface area (Å²) in [6.45, 7) is 2.79. The van der Waals surface area contributed by atoms with Crippen molar-refractivity contribution >= 4 is 11.6 Å². The number of nitrogens with one attached hydrogen (secondary N) is 1. The van der Waals surface area contributed by atoms with Crippen LogP contribution >= 0.6 is 11.6 Å². The van der Waals surface area contributed by atoms with Crippen molar-refractivity contribution in [2.45, 2.75) is 37.8 Å². The summed E-state index contributed by atoms with van der Waals surface area (Å²) in [5.41, 5.74) is 2.47. The summed E-state index contributed by atoms with van der Waals surface area (Å²) in [6, 6.07) is 8.43.